The molecule has 24 heavy (non-hydrogen) atoms. The molecule has 3 rings (SSSR count). The maximum atomic E-state index is 11.5. The van der Waals surface area contributed by atoms with Crippen molar-refractivity contribution >= 4 is 5.78 Å². The van der Waals surface area contributed by atoms with Gasteiger partial charge in [-0.05, 0) is 66.9 Å². The number of ketones is 1. The van der Waals surface area contributed by atoms with Gasteiger partial charge in [0.15, 0.2) is 5.78 Å². The van der Waals surface area contributed by atoms with Gasteiger partial charge in [-0.1, -0.05) is 38.8 Å². The Kier molecular flexibility index (Phi) is 4.55. The van der Waals surface area contributed by atoms with Gasteiger partial charge >= 0.3 is 0 Å². The number of allylic oxidation sites excluding steroid dienone is 3. The van der Waals surface area contributed by atoms with Crippen molar-refractivity contribution in [2.75, 3.05) is 0 Å². The van der Waals surface area contributed by atoms with Crippen molar-refractivity contribution in [3.63, 3.8) is 0 Å². The van der Waals surface area contributed by atoms with Gasteiger partial charge < -0.3 is 10.2 Å². The molecule has 0 aromatic rings. The summed E-state index contributed by atoms with van der Waals surface area (Å²) in [6.07, 6.45) is 7.88. The molecule has 0 amide bonds. The van der Waals surface area contributed by atoms with E-state index < -0.39 is 12.2 Å². The summed E-state index contributed by atoms with van der Waals surface area (Å²) in [5.74, 6) is 0.869. The number of carbonyl (C=O) groups excluding carboxylic acids is 1. The molecule has 0 unspecified atom stereocenters. The summed E-state index contributed by atoms with van der Waals surface area (Å²) in [5.41, 5.74) is 2.41. The summed E-state index contributed by atoms with van der Waals surface area (Å²) >= 11 is 0. The zero-order valence-electron chi connectivity index (χ0n) is 15.5. The smallest absolute Gasteiger partial charge is 0.158 e. The standard InChI is InChI=1S/C21H32O3/c1-13-6-7-19-20(2,3)8-5-9-21(19,4)16(13)12-18(24)15-10-14(22)11-17(15)23/h6,10,16-19,23-24H,5,7-9,11-12H2,1-4H3/t16-,17-,18-,19-,21+/m1/s1. The first-order valence-electron chi connectivity index (χ1n) is 9.42. The van der Waals surface area contributed by atoms with Crippen LogP contribution < -0.4 is 0 Å². The Labute approximate surface area is 145 Å². The van der Waals surface area contributed by atoms with Crippen molar-refractivity contribution in [2.45, 2.75) is 78.4 Å². The second-order valence-electron chi connectivity index (χ2n) is 9.22. The monoisotopic (exact) mass is 332 g/mol. The Hall–Kier alpha value is -0.930. The zero-order valence-corrected chi connectivity index (χ0v) is 15.5. The third kappa shape index (κ3) is 2.90. The minimum absolute atomic E-state index is 0.0738. The summed E-state index contributed by atoms with van der Waals surface area (Å²) in [7, 11) is 0. The Morgan fingerprint density at radius 3 is 2.62 bits per heavy atom. The Bertz CT molecular complexity index is 586. The van der Waals surface area contributed by atoms with Crippen LogP contribution in [0.25, 0.3) is 0 Å². The topological polar surface area (TPSA) is 57.5 Å². The molecule has 0 saturated heterocycles. The molecule has 0 aliphatic heterocycles. The number of carbonyl (C=O) groups is 1. The first-order valence-corrected chi connectivity index (χ1v) is 9.42. The third-order valence-electron chi connectivity index (χ3n) is 7.25. The Balaban J connectivity index is 1.86. The highest BCUT2D eigenvalue weighted by Crippen LogP contribution is 2.60. The van der Waals surface area contributed by atoms with Crippen molar-refractivity contribution in [2.24, 2.45) is 22.7 Å². The van der Waals surface area contributed by atoms with E-state index in [4.69, 9.17) is 0 Å². The molecule has 0 spiro atoms. The number of rotatable bonds is 3. The molecular formula is C21H32O3. The molecule has 3 aliphatic rings. The molecule has 3 heteroatoms. The first kappa shape index (κ1) is 17.9. The van der Waals surface area contributed by atoms with Gasteiger partial charge in [-0.3, -0.25) is 4.79 Å². The molecule has 5 atom stereocenters. The van der Waals surface area contributed by atoms with E-state index in [1.54, 1.807) is 0 Å². The average Bonchev–Trinajstić information content (AvgIpc) is 2.80. The highest BCUT2D eigenvalue weighted by molar-refractivity contribution is 5.94. The van der Waals surface area contributed by atoms with Crippen LogP contribution in [0.2, 0.25) is 0 Å². The van der Waals surface area contributed by atoms with Crippen LogP contribution >= 0.6 is 0 Å². The van der Waals surface area contributed by atoms with Crippen molar-refractivity contribution < 1.29 is 15.0 Å². The zero-order chi connectivity index (χ0) is 17.7. The average molecular weight is 332 g/mol. The second kappa shape index (κ2) is 6.10. The predicted molar refractivity (Wildman–Crippen MR) is 95.4 cm³/mol. The number of hydrogen-bond acceptors (Lipinski definition) is 3. The van der Waals surface area contributed by atoms with Crippen LogP contribution in [0.3, 0.4) is 0 Å². The summed E-state index contributed by atoms with van der Waals surface area (Å²) < 4.78 is 0. The maximum Gasteiger partial charge on any atom is 0.158 e. The molecule has 1 fully saturated rings. The van der Waals surface area contributed by atoms with Gasteiger partial charge in [0.25, 0.3) is 0 Å². The number of aliphatic hydroxyl groups is 2. The van der Waals surface area contributed by atoms with E-state index in [-0.39, 0.29) is 17.6 Å². The van der Waals surface area contributed by atoms with E-state index in [2.05, 4.69) is 33.8 Å². The van der Waals surface area contributed by atoms with E-state index in [0.717, 1.165) is 6.42 Å². The number of fused-ring (bicyclic) bond motifs is 1. The van der Waals surface area contributed by atoms with E-state index in [0.29, 0.717) is 29.2 Å². The number of hydrogen-bond donors (Lipinski definition) is 2. The van der Waals surface area contributed by atoms with Gasteiger partial charge in [0.05, 0.1) is 12.2 Å². The summed E-state index contributed by atoms with van der Waals surface area (Å²) in [6.45, 7) is 9.36. The molecule has 0 radical (unpaired) electrons. The fraction of sp³-hybridized carbons (Fsp3) is 0.762. The van der Waals surface area contributed by atoms with Crippen molar-refractivity contribution in [3.05, 3.63) is 23.3 Å². The van der Waals surface area contributed by atoms with Crippen molar-refractivity contribution in [3.8, 4) is 0 Å². The molecule has 0 aromatic heterocycles. The van der Waals surface area contributed by atoms with Crippen LogP contribution in [-0.2, 0) is 4.79 Å². The third-order valence-corrected chi connectivity index (χ3v) is 7.25. The normalized spacial score (nSPS) is 39.9. The number of aliphatic hydroxyl groups excluding tert-OH is 2. The van der Waals surface area contributed by atoms with Crippen LogP contribution in [0.4, 0.5) is 0 Å². The van der Waals surface area contributed by atoms with Crippen LogP contribution in [-0.4, -0.2) is 28.2 Å². The molecule has 0 bridgehead atoms. The largest absolute Gasteiger partial charge is 0.389 e. The molecular weight excluding hydrogens is 300 g/mol. The van der Waals surface area contributed by atoms with Crippen LogP contribution in [0.15, 0.2) is 23.3 Å². The minimum atomic E-state index is -0.799. The Morgan fingerprint density at radius 1 is 1.29 bits per heavy atom. The summed E-state index contributed by atoms with van der Waals surface area (Å²) in [5, 5.41) is 20.8. The first-order chi connectivity index (χ1) is 11.1. The molecule has 1 saturated carbocycles. The SMILES string of the molecule is CC1=CC[C@@H]2C(C)(C)CCC[C@@]2(C)[C@@H]1C[C@@H](O)C1=CC(=O)C[C@H]1O. The van der Waals surface area contributed by atoms with Crippen LogP contribution in [0.5, 0.6) is 0 Å². The van der Waals surface area contributed by atoms with Gasteiger partial charge in [0, 0.05) is 6.42 Å². The van der Waals surface area contributed by atoms with E-state index >= 15 is 0 Å². The minimum Gasteiger partial charge on any atom is -0.389 e. The quantitative estimate of drug-likeness (QED) is 0.773. The molecule has 2 N–H and O–H groups in total. The fourth-order valence-corrected chi connectivity index (χ4v) is 5.92. The van der Waals surface area contributed by atoms with E-state index in [9.17, 15) is 15.0 Å². The predicted octanol–water partition coefficient (Wildman–Crippen LogP) is 3.80. The lowest BCUT2D eigenvalue weighted by Crippen LogP contribution is -2.49. The van der Waals surface area contributed by atoms with Gasteiger partial charge in [-0.25, -0.2) is 0 Å². The highest BCUT2D eigenvalue weighted by Gasteiger charge is 2.52. The van der Waals surface area contributed by atoms with E-state index in [1.807, 2.05) is 0 Å². The lowest BCUT2D eigenvalue weighted by atomic mass is 9.48. The molecule has 3 nitrogen and oxygen atoms in total. The fourth-order valence-electron chi connectivity index (χ4n) is 5.92. The van der Waals surface area contributed by atoms with Crippen LogP contribution in [0, 0.1) is 22.7 Å². The van der Waals surface area contributed by atoms with Crippen molar-refractivity contribution in [1.82, 2.24) is 0 Å². The van der Waals surface area contributed by atoms with Gasteiger partial charge in [-0.2, -0.15) is 0 Å². The highest BCUT2D eigenvalue weighted by atomic mass is 16.3. The summed E-state index contributed by atoms with van der Waals surface area (Å²) in [6, 6.07) is 0. The lowest BCUT2D eigenvalue weighted by Gasteiger charge is -2.57. The Morgan fingerprint density at radius 2 is 2.00 bits per heavy atom. The van der Waals surface area contributed by atoms with Gasteiger partial charge in [0.1, 0.15) is 0 Å². The van der Waals surface area contributed by atoms with Crippen LogP contribution in [0.1, 0.15) is 66.2 Å². The summed E-state index contributed by atoms with van der Waals surface area (Å²) in [4.78, 5) is 11.5. The molecule has 0 aromatic carbocycles. The second-order valence-corrected chi connectivity index (χ2v) is 9.22. The molecule has 0 heterocycles. The van der Waals surface area contributed by atoms with Gasteiger partial charge in [0.2, 0.25) is 0 Å². The van der Waals surface area contributed by atoms with E-state index in [1.165, 1.54) is 30.9 Å². The lowest BCUT2D eigenvalue weighted by molar-refractivity contribution is -0.115. The van der Waals surface area contributed by atoms with Gasteiger partial charge in [-0.15, -0.1) is 0 Å². The van der Waals surface area contributed by atoms with Crippen molar-refractivity contribution in [1.29, 1.82) is 0 Å². The molecule has 134 valence electrons. The maximum absolute atomic E-state index is 11.5. The molecule has 3 aliphatic carbocycles.